The van der Waals surface area contributed by atoms with Crippen molar-refractivity contribution in [2.24, 2.45) is 0 Å². The summed E-state index contributed by atoms with van der Waals surface area (Å²) in [5, 5.41) is 0. The summed E-state index contributed by atoms with van der Waals surface area (Å²) in [5.41, 5.74) is 1.15. The van der Waals surface area contributed by atoms with Gasteiger partial charge >= 0.3 is 0 Å². The summed E-state index contributed by atoms with van der Waals surface area (Å²) in [7, 11) is 0.662. The van der Waals surface area contributed by atoms with Gasteiger partial charge in [0.1, 0.15) is 11.5 Å². The zero-order valence-electron chi connectivity index (χ0n) is 12.8. The van der Waals surface area contributed by atoms with E-state index in [-0.39, 0.29) is 0 Å². The van der Waals surface area contributed by atoms with Crippen LogP contribution in [0.1, 0.15) is 12.5 Å². The molecule has 1 aromatic rings. The van der Waals surface area contributed by atoms with Crippen molar-refractivity contribution in [1.29, 1.82) is 0 Å². The molecule has 4 heteroatoms. The lowest BCUT2D eigenvalue weighted by Crippen LogP contribution is -2.22. The van der Waals surface area contributed by atoms with Gasteiger partial charge in [-0.1, -0.05) is 26.6 Å². The van der Waals surface area contributed by atoms with E-state index >= 15 is 0 Å². The van der Waals surface area contributed by atoms with Crippen molar-refractivity contribution in [2.45, 2.75) is 39.0 Å². The molecule has 0 spiro atoms. The highest BCUT2D eigenvalue weighted by atomic mass is 28.3. The van der Waals surface area contributed by atoms with Gasteiger partial charge in [0.25, 0.3) is 0 Å². The van der Waals surface area contributed by atoms with Crippen molar-refractivity contribution < 1.29 is 14.2 Å². The summed E-state index contributed by atoms with van der Waals surface area (Å²) in [4.78, 5) is 0. The van der Waals surface area contributed by atoms with E-state index in [1.165, 1.54) is 6.04 Å². The van der Waals surface area contributed by atoms with Crippen LogP contribution < -0.4 is 9.47 Å². The average molecular weight is 282 g/mol. The first-order chi connectivity index (χ1) is 8.96. The predicted octanol–water partition coefficient (Wildman–Crippen LogP) is 3.95. The Balaban J connectivity index is 2.41. The molecule has 3 nitrogen and oxygen atoms in total. The van der Waals surface area contributed by atoms with Gasteiger partial charge in [-0.05, 0) is 36.2 Å². The van der Waals surface area contributed by atoms with Gasteiger partial charge in [0.05, 0.1) is 7.11 Å². The van der Waals surface area contributed by atoms with Crippen LogP contribution in [0.25, 0.3) is 0 Å². The first-order valence-corrected chi connectivity index (χ1v) is 10.5. The fraction of sp³-hybridized carbons (Fsp3) is 0.600. The van der Waals surface area contributed by atoms with Gasteiger partial charge in [0.15, 0.2) is 6.79 Å². The molecule has 0 heterocycles. The normalized spacial score (nSPS) is 11.4. The zero-order valence-corrected chi connectivity index (χ0v) is 13.8. The Morgan fingerprint density at radius 1 is 1.16 bits per heavy atom. The molecule has 0 N–H and O–H groups in total. The van der Waals surface area contributed by atoms with E-state index in [1.807, 2.05) is 18.2 Å². The maximum atomic E-state index is 5.68. The summed E-state index contributed by atoms with van der Waals surface area (Å²) in [6.45, 7) is 10.2. The second kappa shape index (κ2) is 7.55. The Kier molecular flexibility index (Phi) is 6.38. The van der Waals surface area contributed by atoms with E-state index in [9.17, 15) is 0 Å². The zero-order chi connectivity index (χ0) is 14.3. The Labute approximate surface area is 117 Å². The first-order valence-electron chi connectivity index (χ1n) is 6.83. The van der Waals surface area contributed by atoms with Crippen LogP contribution in [0, 0.1) is 0 Å². The highest BCUT2D eigenvalue weighted by Crippen LogP contribution is 2.24. The lowest BCUT2D eigenvalue weighted by Gasteiger charge is -2.16. The molecule has 0 aromatic heterocycles. The van der Waals surface area contributed by atoms with Crippen molar-refractivity contribution in [3.8, 4) is 11.5 Å². The van der Waals surface area contributed by atoms with Crippen LogP contribution >= 0.6 is 0 Å². The Hall–Kier alpha value is -1.00. The molecule has 0 aliphatic rings. The van der Waals surface area contributed by atoms with E-state index in [1.54, 1.807) is 7.11 Å². The summed E-state index contributed by atoms with van der Waals surface area (Å²) in [6.07, 6.45) is 0.918. The molecule has 0 bridgehead atoms. The minimum Gasteiger partial charge on any atom is -0.497 e. The minimum absolute atomic E-state index is 0.323. The standard InChI is InChI=1S/C15H26O3Si/c1-6-13-11-14(16-2)7-8-15(13)18-12-17-9-10-19(3,4)5/h7-8,11H,6,9-10,12H2,1-5H3. The molecule has 0 amide bonds. The van der Waals surface area contributed by atoms with Crippen molar-refractivity contribution in [2.75, 3.05) is 20.5 Å². The monoisotopic (exact) mass is 282 g/mol. The molecule has 0 saturated carbocycles. The van der Waals surface area contributed by atoms with Crippen LogP contribution in [0.5, 0.6) is 11.5 Å². The third-order valence-corrected chi connectivity index (χ3v) is 4.65. The fourth-order valence-electron chi connectivity index (χ4n) is 1.64. The van der Waals surface area contributed by atoms with Crippen molar-refractivity contribution in [3.05, 3.63) is 23.8 Å². The third kappa shape index (κ3) is 6.12. The molecule has 0 aliphatic carbocycles. The first kappa shape index (κ1) is 16.1. The molecule has 19 heavy (non-hydrogen) atoms. The summed E-state index contributed by atoms with van der Waals surface area (Å²) < 4.78 is 16.4. The molecular formula is C15H26O3Si. The molecule has 0 saturated heterocycles. The highest BCUT2D eigenvalue weighted by Gasteiger charge is 2.12. The minimum atomic E-state index is -1.01. The second-order valence-corrected chi connectivity index (χ2v) is 11.4. The van der Waals surface area contributed by atoms with Crippen LogP contribution in [-0.2, 0) is 11.2 Å². The topological polar surface area (TPSA) is 27.7 Å². The number of hydrogen-bond acceptors (Lipinski definition) is 3. The van der Waals surface area contributed by atoms with Crippen LogP contribution in [0.15, 0.2) is 18.2 Å². The SMILES string of the molecule is CCc1cc(OC)ccc1OCOCC[Si](C)(C)C. The average Bonchev–Trinajstić information content (AvgIpc) is 2.37. The van der Waals surface area contributed by atoms with E-state index < -0.39 is 8.07 Å². The number of hydrogen-bond donors (Lipinski definition) is 0. The van der Waals surface area contributed by atoms with Crippen LogP contribution in [0.3, 0.4) is 0 Å². The van der Waals surface area contributed by atoms with E-state index in [0.717, 1.165) is 30.1 Å². The smallest absolute Gasteiger partial charge is 0.189 e. The van der Waals surface area contributed by atoms with Crippen LogP contribution in [0.4, 0.5) is 0 Å². The maximum Gasteiger partial charge on any atom is 0.189 e. The molecule has 0 unspecified atom stereocenters. The summed E-state index contributed by atoms with van der Waals surface area (Å²) in [5.74, 6) is 1.75. The number of benzene rings is 1. The van der Waals surface area contributed by atoms with Gasteiger partial charge in [-0.2, -0.15) is 0 Å². The van der Waals surface area contributed by atoms with Crippen molar-refractivity contribution in [1.82, 2.24) is 0 Å². The Bertz CT molecular complexity index is 385. The van der Waals surface area contributed by atoms with Gasteiger partial charge < -0.3 is 14.2 Å². The van der Waals surface area contributed by atoms with Gasteiger partial charge in [-0.3, -0.25) is 0 Å². The van der Waals surface area contributed by atoms with Gasteiger partial charge in [-0.25, -0.2) is 0 Å². The van der Waals surface area contributed by atoms with Crippen molar-refractivity contribution in [3.63, 3.8) is 0 Å². The van der Waals surface area contributed by atoms with Gasteiger partial charge in [-0.15, -0.1) is 0 Å². The van der Waals surface area contributed by atoms with Crippen LogP contribution in [0.2, 0.25) is 25.7 Å². The van der Waals surface area contributed by atoms with E-state index in [2.05, 4.69) is 26.6 Å². The molecule has 1 rings (SSSR count). The number of rotatable bonds is 8. The van der Waals surface area contributed by atoms with Gasteiger partial charge in [0, 0.05) is 14.7 Å². The molecular weight excluding hydrogens is 256 g/mol. The third-order valence-electron chi connectivity index (χ3n) is 2.94. The molecule has 0 fully saturated rings. The number of ether oxygens (including phenoxy) is 3. The molecule has 0 atom stereocenters. The van der Waals surface area contributed by atoms with Gasteiger partial charge in [0.2, 0.25) is 0 Å². The lowest BCUT2D eigenvalue weighted by molar-refractivity contribution is 0.0215. The van der Waals surface area contributed by atoms with Crippen molar-refractivity contribution >= 4 is 8.07 Å². The fourth-order valence-corrected chi connectivity index (χ4v) is 2.40. The summed E-state index contributed by atoms with van der Waals surface area (Å²) >= 11 is 0. The predicted molar refractivity (Wildman–Crippen MR) is 82.0 cm³/mol. The molecule has 0 aliphatic heterocycles. The van der Waals surface area contributed by atoms with E-state index in [4.69, 9.17) is 14.2 Å². The quantitative estimate of drug-likeness (QED) is 0.410. The molecule has 1 aromatic carbocycles. The molecule has 0 radical (unpaired) electrons. The summed E-state index contributed by atoms with van der Waals surface area (Å²) in [6, 6.07) is 7.03. The lowest BCUT2D eigenvalue weighted by atomic mass is 10.1. The van der Waals surface area contributed by atoms with Crippen LogP contribution in [-0.4, -0.2) is 28.6 Å². The Morgan fingerprint density at radius 3 is 2.47 bits per heavy atom. The van der Waals surface area contributed by atoms with E-state index in [0.29, 0.717) is 6.79 Å². The number of aryl methyl sites for hydroxylation is 1. The Morgan fingerprint density at radius 2 is 1.89 bits per heavy atom. The second-order valence-electron chi connectivity index (χ2n) is 5.81. The largest absolute Gasteiger partial charge is 0.497 e. The molecule has 108 valence electrons. The highest BCUT2D eigenvalue weighted by molar-refractivity contribution is 6.76. The maximum absolute atomic E-state index is 5.68. The number of methoxy groups -OCH3 is 1.